The fourth-order valence-corrected chi connectivity index (χ4v) is 4.86. The highest BCUT2D eigenvalue weighted by Crippen LogP contribution is 2.35. The van der Waals surface area contributed by atoms with Crippen LogP contribution in [0.15, 0.2) is 96.8 Å². The number of H-pyrrole nitrogens is 2. The Hall–Kier alpha value is -4.16. The number of benzene rings is 1. The molecule has 0 atom stereocenters. The maximum atomic E-state index is 4.66. The summed E-state index contributed by atoms with van der Waals surface area (Å²) in [5, 5.41) is 15.4. The summed E-state index contributed by atoms with van der Waals surface area (Å²) < 4.78 is 0. The van der Waals surface area contributed by atoms with Gasteiger partial charge in [-0.1, -0.05) is 38.3 Å². The van der Waals surface area contributed by atoms with Gasteiger partial charge in [0.2, 0.25) is 0 Å². The minimum absolute atomic E-state index is 0.856. The maximum Gasteiger partial charge on any atom is 0.116 e. The van der Waals surface area contributed by atoms with Crippen LogP contribution in [0.1, 0.15) is 25.8 Å². The number of allylic oxidation sites excluding steroid dienone is 5. The van der Waals surface area contributed by atoms with Crippen molar-refractivity contribution in [3.8, 4) is 22.0 Å². The number of rotatable bonds is 8. The molecule has 5 aromatic rings. The molecule has 6 heteroatoms. The molecule has 0 aliphatic rings. The average Bonchev–Trinajstić information content (AvgIpc) is 3.64. The topological polar surface area (TPSA) is 69.4 Å². The second-order valence-corrected chi connectivity index (χ2v) is 9.19. The first-order chi connectivity index (χ1) is 17.1. The van der Waals surface area contributed by atoms with E-state index in [1.807, 2.05) is 25.3 Å². The van der Waals surface area contributed by atoms with Crippen LogP contribution in [-0.4, -0.2) is 20.2 Å². The number of thiophene rings is 1. The van der Waals surface area contributed by atoms with Crippen molar-refractivity contribution in [1.29, 1.82) is 0 Å². The smallest absolute Gasteiger partial charge is 0.116 e. The fraction of sp³-hybridized carbons (Fsp3) is 0.103. The van der Waals surface area contributed by atoms with Gasteiger partial charge in [-0.05, 0) is 72.3 Å². The second kappa shape index (κ2) is 9.60. The van der Waals surface area contributed by atoms with E-state index in [0.29, 0.717) is 0 Å². The number of fused-ring (bicyclic) bond motifs is 2. The van der Waals surface area contributed by atoms with Crippen molar-refractivity contribution in [2.45, 2.75) is 20.3 Å². The number of nitrogens with zero attached hydrogens (tertiary/aromatic N) is 2. The summed E-state index contributed by atoms with van der Waals surface area (Å²) in [5.74, 6) is 0. The Kier molecular flexibility index (Phi) is 6.21. The Morgan fingerprint density at radius 2 is 1.97 bits per heavy atom. The van der Waals surface area contributed by atoms with Gasteiger partial charge in [0.25, 0.3) is 0 Å². The van der Waals surface area contributed by atoms with E-state index in [1.165, 1.54) is 0 Å². The van der Waals surface area contributed by atoms with Gasteiger partial charge in [-0.25, -0.2) is 0 Å². The lowest BCUT2D eigenvalue weighted by atomic mass is 10.0. The van der Waals surface area contributed by atoms with E-state index in [1.54, 1.807) is 11.3 Å². The van der Waals surface area contributed by atoms with Crippen LogP contribution in [0, 0.1) is 0 Å². The van der Waals surface area contributed by atoms with Crippen LogP contribution in [0.2, 0.25) is 0 Å². The van der Waals surface area contributed by atoms with Gasteiger partial charge < -0.3 is 10.3 Å². The molecule has 0 saturated heterocycles. The van der Waals surface area contributed by atoms with Crippen molar-refractivity contribution in [1.82, 2.24) is 25.5 Å². The largest absolute Gasteiger partial charge is 0.359 e. The molecular formula is C29H27N5S. The van der Waals surface area contributed by atoms with Crippen molar-refractivity contribution in [3.63, 3.8) is 0 Å². The SMILES string of the molecule is C=C/C(=C\C(=C/C)c1ccc2[nH]nc(-c3cc4c(-c5cccs5)nccc4[nH]3)c2c1)NC(=C)CC. The minimum atomic E-state index is 0.856. The molecule has 0 amide bonds. The lowest BCUT2D eigenvalue weighted by Crippen LogP contribution is -2.09. The summed E-state index contributed by atoms with van der Waals surface area (Å²) in [6.45, 7) is 12.1. The summed E-state index contributed by atoms with van der Waals surface area (Å²) in [6, 6.07) is 14.7. The Morgan fingerprint density at radius 1 is 1.11 bits per heavy atom. The number of aromatic amines is 2. The zero-order valence-electron chi connectivity index (χ0n) is 19.9. The van der Waals surface area contributed by atoms with Crippen molar-refractivity contribution < 1.29 is 0 Å². The van der Waals surface area contributed by atoms with Crippen LogP contribution in [0.4, 0.5) is 0 Å². The Labute approximate surface area is 208 Å². The van der Waals surface area contributed by atoms with Gasteiger partial charge in [0.05, 0.1) is 21.8 Å². The second-order valence-electron chi connectivity index (χ2n) is 8.24. The number of nitrogens with one attached hydrogen (secondary N) is 3. The summed E-state index contributed by atoms with van der Waals surface area (Å²) in [5.41, 5.74) is 8.92. The molecule has 5 rings (SSSR count). The zero-order chi connectivity index (χ0) is 24.4. The van der Waals surface area contributed by atoms with E-state index >= 15 is 0 Å². The number of hydrogen-bond acceptors (Lipinski definition) is 4. The van der Waals surface area contributed by atoms with Gasteiger partial charge in [-0.2, -0.15) is 5.10 Å². The lowest BCUT2D eigenvalue weighted by Gasteiger charge is -2.10. The highest BCUT2D eigenvalue weighted by molar-refractivity contribution is 7.13. The molecule has 0 unspecified atom stereocenters. The predicted molar refractivity (Wildman–Crippen MR) is 149 cm³/mol. The van der Waals surface area contributed by atoms with E-state index in [2.05, 4.69) is 99.5 Å². The third kappa shape index (κ3) is 4.36. The van der Waals surface area contributed by atoms with E-state index in [0.717, 1.165) is 72.7 Å². The normalized spacial score (nSPS) is 12.4. The van der Waals surface area contributed by atoms with Crippen LogP contribution in [0.3, 0.4) is 0 Å². The monoisotopic (exact) mass is 477 g/mol. The van der Waals surface area contributed by atoms with Crippen LogP contribution in [0.25, 0.3) is 49.3 Å². The molecule has 0 radical (unpaired) electrons. The third-order valence-electron chi connectivity index (χ3n) is 6.04. The minimum Gasteiger partial charge on any atom is -0.359 e. The first-order valence-corrected chi connectivity index (χ1v) is 12.4. The summed E-state index contributed by atoms with van der Waals surface area (Å²) >= 11 is 1.69. The van der Waals surface area contributed by atoms with Crippen LogP contribution in [0.5, 0.6) is 0 Å². The zero-order valence-corrected chi connectivity index (χ0v) is 20.7. The molecule has 0 fully saturated rings. The first kappa shape index (κ1) is 22.6. The van der Waals surface area contributed by atoms with E-state index in [9.17, 15) is 0 Å². The number of pyridine rings is 1. The summed E-state index contributed by atoms with van der Waals surface area (Å²) in [7, 11) is 0. The molecule has 1 aromatic carbocycles. The molecule has 35 heavy (non-hydrogen) atoms. The molecule has 5 nitrogen and oxygen atoms in total. The number of hydrogen-bond donors (Lipinski definition) is 3. The van der Waals surface area contributed by atoms with Crippen LogP contribution < -0.4 is 5.32 Å². The Bertz CT molecular complexity index is 1590. The Morgan fingerprint density at radius 3 is 2.71 bits per heavy atom. The summed E-state index contributed by atoms with van der Waals surface area (Å²) in [6.07, 6.45) is 8.71. The van der Waals surface area contributed by atoms with Gasteiger partial charge in [0.15, 0.2) is 0 Å². The average molecular weight is 478 g/mol. The highest BCUT2D eigenvalue weighted by atomic mass is 32.1. The van der Waals surface area contributed by atoms with Crippen molar-refractivity contribution in [2.75, 3.05) is 0 Å². The highest BCUT2D eigenvalue weighted by Gasteiger charge is 2.15. The quantitative estimate of drug-likeness (QED) is 0.200. The molecule has 3 N–H and O–H groups in total. The molecule has 4 aromatic heterocycles. The first-order valence-electron chi connectivity index (χ1n) is 11.6. The van der Waals surface area contributed by atoms with Gasteiger partial charge in [-0.3, -0.25) is 10.1 Å². The van der Waals surface area contributed by atoms with Gasteiger partial charge >= 0.3 is 0 Å². The standard InChI is InChI=1S/C29H27N5S/c1-5-18(4)31-21(7-3)15-19(6-2)20-10-11-25-22(16-20)28(34-33-25)26-17-23-24(32-26)12-13-30-29(23)27-9-8-14-35-27/h6-17,31-32H,3-5H2,1-2H3,(H,33,34)/b19-6+,21-15+. The molecule has 0 aliphatic carbocycles. The molecular weight excluding hydrogens is 450 g/mol. The van der Waals surface area contributed by atoms with E-state index in [-0.39, 0.29) is 0 Å². The predicted octanol–water partition coefficient (Wildman–Crippen LogP) is 7.82. The van der Waals surface area contributed by atoms with Crippen molar-refractivity contribution in [2.24, 2.45) is 0 Å². The van der Waals surface area contributed by atoms with Gasteiger partial charge in [0.1, 0.15) is 5.69 Å². The summed E-state index contributed by atoms with van der Waals surface area (Å²) in [4.78, 5) is 9.34. The maximum absolute atomic E-state index is 4.66. The lowest BCUT2D eigenvalue weighted by molar-refractivity contribution is 0.921. The van der Waals surface area contributed by atoms with Crippen molar-refractivity contribution >= 4 is 38.7 Å². The van der Waals surface area contributed by atoms with Crippen LogP contribution in [-0.2, 0) is 0 Å². The van der Waals surface area contributed by atoms with E-state index in [4.69, 9.17) is 0 Å². The van der Waals surface area contributed by atoms with Crippen molar-refractivity contribution in [3.05, 3.63) is 102 Å². The number of aromatic nitrogens is 4. The van der Waals surface area contributed by atoms with E-state index < -0.39 is 0 Å². The molecule has 174 valence electrons. The Balaban J connectivity index is 1.57. The molecule has 4 heterocycles. The third-order valence-corrected chi connectivity index (χ3v) is 6.92. The molecule has 0 aliphatic heterocycles. The fourth-order valence-electron chi connectivity index (χ4n) is 4.13. The molecule has 0 saturated carbocycles. The van der Waals surface area contributed by atoms with Crippen LogP contribution >= 0.6 is 11.3 Å². The molecule has 0 bridgehead atoms. The van der Waals surface area contributed by atoms with Gasteiger partial charge in [0, 0.05) is 33.9 Å². The van der Waals surface area contributed by atoms with Gasteiger partial charge in [-0.15, -0.1) is 11.3 Å². The molecule has 0 spiro atoms.